The van der Waals surface area contributed by atoms with E-state index in [2.05, 4.69) is 20.3 Å². The number of carbonyl (C=O) groups is 2. The van der Waals surface area contributed by atoms with Crippen molar-refractivity contribution in [3.05, 3.63) is 81.5 Å². The second kappa shape index (κ2) is 7.22. The number of hydrogen-bond acceptors (Lipinski definition) is 7. The van der Waals surface area contributed by atoms with Crippen LogP contribution in [-0.4, -0.2) is 26.9 Å². The number of nitrogens with zero attached hydrogens (tertiary/aromatic N) is 6. The van der Waals surface area contributed by atoms with Crippen LogP contribution in [0.5, 0.6) is 0 Å². The molecule has 10 nitrogen and oxygen atoms in total. The third-order valence-corrected chi connectivity index (χ3v) is 4.15. The standard InChI is InChI=1S/C18H12N6O4/c19-22-20-13-7-3-1-5-11(13)17(25)27-9-14-16-10-28-18(26)12-6-2-4-8-15(12)24(16)23-21-14/h1-8H,9-10H2. The maximum Gasteiger partial charge on any atom is 0.340 e. The Hall–Kier alpha value is -4.17. The fraction of sp³-hybridized carbons (Fsp3) is 0.111. The lowest BCUT2D eigenvalue weighted by atomic mass is 10.2. The van der Waals surface area contributed by atoms with E-state index < -0.39 is 11.9 Å². The molecule has 0 aliphatic carbocycles. The second-order valence-electron chi connectivity index (χ2n) is 5.77. The number of fused-ring (bicyclic) bond motifs is 3. The van der Waals surface area contributed by atoms with E-state index in [0.717, 1.165) is 0 Å². The van der Waals surface area contributed by atoms with Gasteiger partial charge < -0.3 is 9.47 Å². The van der Waals surface area contributed by atoms with Crippen molar-refractivity contribution in [3.63, 3.8) is 0 Å². The van der Waals surface area contributed by atoms with Crippen LogP contribution in [0.2, 0.25) is 0 Å². The molecule has 2 heterocycles. The van der Waals surface area contributed by atoms with Crippen LogP contribution < -0.4 is 0 Å². The largest absolute Gasteiger partial charge is 0.455 e. The van der Waals surface area contributed by atoms with Gasteiger partial charge in [-0.2, -0.15) is 0 Å². The van der Waals surface area contributed by atoms with Crippen LogP contribution in [0.1, 0.15) is 32.1 Å². The first-order valence-corrected chi connectivity index (χ1v) is 8.20. The van der Waals surface area contributed by atoms with Gasteiger partial charge in [-0.1, -0.05) is 40.7 Å². The second-order valence-corrected chi connectivity index (χ2v) is 5.77. The van der Waals surface area contributed by atoms with E-state index in [1.807, 2.05) is 0 Å². The minimum atomic E-state index is -0.671. The first kappa shape index (κ1) is 17.3. The number of aromatic nitrogens is 3. The molecule has 0 amide bonds. The van der Waals surface area contributed by atoms with E-state index in [-0.39, 0.29) is 24.5 Å². The summed E-state index contributed by atoms with van der Waals surface area (Å²) in [6.07, 6.45) is 0. The molecule has 0 radical (unpaired) electrons. The summed E-state index contributed by atoms with van der Waals surface area (Å²) in [5.74, 6) is -1.14. The fourth-order valence-electron chi connectivity index (χ4n) is 2.82. The lowest BCUT2D eigenvalue weighted by Crippen LogP contribution is -2.08. The number of rotatable bonds is 4. The Morgan fingerprint density at radius 1 is 1.25 bits per heavy atom. The van der Waals surface area contributed by atoms with E-state index in [9.17, 15) is 9.59 Å². The molecule has 10 heteroatoms. The molecular formula is C18H12N6O4. The smallest absolute Gasteiger partial charge is 0.340 e. The highest BCUT2D eigenvalue weighted by Gasteiger charge is 2.25. The van der Waals surface area contributed by atoms with Gasteiger partial charge in [0.25, 0.3) is 0 Å². The summed E-state index contributed by atoms with van der Waals surface area (Å²) in [6.45, 7) is -0.235. The molecule has 0 fully saturated rings. The molecule has 0 N–H and O–H groups in total. The number of cyclic esters (lactones) is 1. The Balaban J connectivity index is 1.59. The molecule has 138 valence electrons. The van der Waals surface area contributed by atoms with E-state index in [4.69, 9.17) is 15.0 Å². The summed E-state index contributed by atoms with van der Waals surface area (Å²) in [5, 5.41) is 11.6. The molecule has 0 bridgehead atoms. The number of carbonyl (C=O) groups excluding carboxylic acids is 2. The van der Waals surface area contributed by atoms with Crippen molar-refractivity contribution in [1.29, 1.82) is 0 Å². The van der Waals surface area contributed by atoms with Gasteiger partial charge in [-0.3, -0.25) is 0 Å². The van der Waals surface area contributed by atoms with Crippen LogP contribution >= 0.6 is 0 Å². The van der Waals surface area contributed by atoms with E-state index in [0.29, 0.717) is 22.6 Å². The molecule has 0 spiro atoms. The van der Waals surface area contributed by atoms with E-state index >= 15 is 0 Å². The molecule has 4 rings (SSSR count). The Morgan fingerprint density at radius 2 is 2.04 bits per heavy atom. The van der Waals surface area contributed by atoms with Gasteiger partial charge in [0, 0.05) is 4.91 Å². The lowest BCUT2D eigenvalue weighted by molar-refractivity contribution is 0.0434. The SMILES string of the molecule is [N-]=[N+]=Nc1ccccc1C(=O)OCc1nnn2c1COC(=O)c1ccccc1-2. The zero-order valence-electron chi connectivity index (χ0n) is 14.3. The lowest BCUT2D eigenvalue weighted by Gasteiger charge is -2.07. The van der Waals surface area contributed by atoms with Gasteiger partial charge in [-0.15, -0.1) is 5.10 Å². The average molecular weight is 376 g/mol. The van der Waals surface area contributed by atoms with Crippen LogP contribution in [0, 0.1) is 0 Å². The Labute approximate surface area is 157 Å². The van der Waals surface area contributed by atoms with Crippen molar-refractivity contribution in [3.8, 4) is 5.69 Å². The molecule has 0 saturated carbocycles. The summed E-state index contributed by atoms with van der Waals surface area (Å²) in [6, 6.07) is 13.2. The third kappa shape index (κ3) is 3.04. The molecule has 28 heavy (non-hydrogen) atoms. The van der Waals surface area contributed by atoms with Crippen molar-refractivity contribution >= 4 is 17.6 Å². The van der Waals surface area contributed by atoms with Gasteiger partial charge in [0.1, 0.15) is 24.6 Å². The number of hydrogen-bond donors (Lipinski definition) is 0. The highest BCUT2D eigenvalue weighted by Crippen LogP contribution is 2.24. The third-order valence-electron chi connectivity index (χ3n) is 4.15. The quantitative estimate of drug-likeness (QED) is 0.297. The van der Waals surface area contributed by atoms with Crippen LogP contribution in [-0.2, 0) is 22.7 Å². The summed E-state index contributed by atoms with van der Waals surface area (Å²) in [5.41, 5.74) is 10.7. The van der Waals surface area contributed by atoms with Crippen molar-refractivity contribution in [1.82, 2.24) is 15.0 Å². The molecule has 3 aromatic rings. The normalized spacial score (nSPS) is 12.1. The molecule has 1 aliphatic heterocycles. The van der Waals surface area contributed by atoms with Crippen molar-refractivity contribution < 1.29 is 19.1 Å². The minimum absolute atomic E-state index is 0.0529. The first-order chi connectivity index (χ1) is 13.7. The molecular weight excluding hydrogens is 364 g/mol. The van der Waals surface area contributed by atoms with Crippen molar-refractivity contribution in [2.24, 2.45) is 5.11 Å². The molecule has 0 saturated heterocycles. The zero-order chi connectivity index (χ0) is 19.5. The van der Waals surface area contributed by atoms with Gasteiger partial charge in [0.05, 0.1) is 22.5 Å². The monoisotopic (exact) mass is 376 g/mol. The minimum Gasteiger partial charge on any atom is -0.455 e. The summed E-state index contributed by atoms with van der Waals surface area (Å²) < 4.78 is 12.1. The van der Waals surface area contributed by atoms with Crippen molar-refractivity contribution in [2.75, 3.05) is 0 Å². The number of para-hydroxylation sites is 1. The van der Waals surface area contributed by atoms with Crippen LogP contribution in [0.4, 0.5) is 5.69 Å². The molecule has 0 unspecified atom stereocenters. The van der Waals surface area contributed by atoms with Gasteiger partial charge in [0.2, 0.25) is 0 Å². The number of ether oxygens (including phenoxy) is 2. The average Bonchev–Trinajstić information content (AvgIpc) is 3.07. The highest BCUT2D eigenvalue weighted by molar-refractivity contribution is 5.95. The zero-order valence-corrected chi connectivity index (χ0v) is 14.3. The van der Waals surface area contributed by atoms with E-state index in [1.165, 1.54) is 16.8 Å². The van der Waals surface area contributed by atoms with Crippen LogP contribution in [0.3, 0.4) is 0 Å². The van der Waals surface area contributed by atoms with Crippen LogP contribution in [0.15, 0.2) is 53.6 Å². The number of esters is 2. The van der Waals surface area contributed by atoms with Gasteiger partial charge in [-0.25, -0.2) is 14.3 Å². The van der Waals surface area contributed by atoms with Gasteiger partial charge in [-0.05, 0) is 23.7 Å². The predicted octanol–water partition coefficient (Wildman–Crippen LogP) is 3.24. The number of benzene rings is 2. The maximum atomic E-state index is 12.4. The Bertz CT molecular complexity index is 1130. The van der Waals surface area contributed by atoms with Crippen LogP contribution in [0.25, 0.3) is 16.1 Å². The summed E-state index contributed by atoms with van der Waals surface area (Å²) in [7, 11) is 0. The predicted molar refractivity (Wildman–Crippen MR) is 94.8 cm³/mol. The van der Waals surface area contributed by atoms with Gasteiger partial charge in [0.15, 0.2) is 0 Å². The fourth-order valence-corrected chi connectivity index (χ4v) is 2.82. The van der Waals surface area contributed by atoms with Crippen molar-refractivity contribution in [2.45, 2.75) is 13.2 Å². The molecule has 1 aromatic heterocycles. The Kier molecular flexibility index (Phi) is 4.45. The Morgan fingerprint density at radius 3 is 2.89 bits per heavy atom. The molecule has 0 atom stereocenters. The highest BCUT2D eigenvalue weighted by atomic mass is 16.5. The molecule has 1 aliphatic rings. The van der Waals surface area contributed by atoms with Gasteiger partial charge >= 0.3 is 11.9 Å². The topological polar surface area (TPSA) is 132 Å². The first-order valence-electron chi connectivity index (χ1n) is 8.20. The summed E-state index contributed by atoms with van der Waals surface area (Å²) >= 11 is 0. The van der Waals surface area contributed by atoms with E-state index in [1.54, 1.807) is 36.4 Å². The maximum absolute atomic E-state index is 12.4. The summed E-state index contributed by atoms with van der Waals surface area (Å²) in [4.78, 5) is 27.2. The molecule has 2 aromatic carbocycles. The number of azide groups is 1.